The molecule has 1 fully saturated rings. The fourth-order valence-corrected chi connectivity index (χ4v) is 1.98. The number of methoxy groups -OCH3 is 1. The molecule has 1 aromatic heterocycles. The van der Waals surface area contributed by atoms with E-state index in [4.69, 9.17) is 14.6 Å². The van der Waals surface area contributed by atoms with Gasteiger partial charge in [0.05, 0.1) is 26.4 Å². The van der Waals surface area contributed by atoms with Crippen molar-refractivity contribution in [3.63, 3.8) is 0 Å². The molecule has 1 aromatic rings. The number of rotatable bonds is 4. The lowest BCUT2D eigenvalue weighted by Crippen LogP contribution is -2.44. The summed E-state index contributed by atoms with van der Waals surface area (Å²) in [6, 6.07) is 0. The molecule has 2 heterocycles. The average molecular weight is 254 g/mol. The minimum absolute atomic E-state index is 0.00276. The molecule has 100 valence electrons. The van der Waals surface area contributed by atoms with Gasteiger partial charge in [-0.15, -0.1) is 0 Å². The van der Waals surface area contributed by atoms with E-state index in [0.29, 0.717) is 31.3 Å². The van der Waals surface area contributed by atoms with Crippen molar-refractivity contribution >= 4 is 11.6 Å². The summed E-state index contributed by atoms with van der Waals surface area (Å²) in [5.41, 5.74) is 0. The van der Waals surface area contributed by atoms with Gasteiger partial charge in [0.1, 0.15) is 6.33 Å². The smallest absolute Gasteiger partial charge is 0.204 e. The molecule has 0 amide bonds. The van der Waals surface area contributed by atoms with E-state index < -0.39 is 0 Å². The maximum atomic E-state index is 9.15. The predicted octanol–water partition coefficient (Wildman–Crippen LogP) is -0.276. The Kier molecular flexibility index (Phi) is 4.16. The number of morpholine rings is 1. The fourth-order valence-electron chi connectivity index (χ4n) is 1.98. The number of hydrogen-bond donors (Lipinski definition) is 2. The molecule has 1 atom stereocenters. The molecule has 7 nitrogen and oxygen atoms in total. The second-order valence-corrected chi connectivity index (χ2v) is 3.95. The van der Waals surface area contributed by atoms with Gasteiger partial charge in [-0.3, -0.25) is 0 Å². The molecule has 7 heteroatoms. The highest BCUT2D eigenvalue weighted by Gasteiger charge is 2.24. The van der Waals surface area contributed by atoms with Crippen LogP contribution in [0.15, 0.2) is 6.33 Å². The lowest BCUT2D eigenvalue weighted by Gasteiger charge is -2.33. The Hall–Kier alpha value is -1.60. The molecule has 2 N–H and O–H groups in total. The highest BCUT2D eigenvalue weighted by molar-refractivity contribution is 5.64. The molecule has 0 bridgehead atoms. The molecule has 0 radical (unpaired) electrons. The van der Waals surface area contributed by atoms with Crippen molar-refractivity contribution in [3.05, 3.63) is 6.33 Å². The number of anilines is 2. The van der Waals surface area contributed by atoms with E-state index in [0.717, 1.165) is 5.82 Å². The molecule has 1 aliphatic heterocycles. The van der Waals surface area contributed by atoms with Crippen LogP contribution >= 0.6 is 0 Å². The van der Waals surface area contributed by atoms with Crippen LogP contribution in [0.25, 0.3) is 0 Å². The maximum absolute atomic E-state index is 9.15. The number of aromatic nitrogens is 2. The molecule has 0 aliphatic carbocycles. The second kappa shape index (κ2) is 5.83. The Morgan fingerprint density at radius 2 is 2.44 bits per heavy atom. The van der Waals surface area contributed by atoms with Crippen LogP contribution in [0.1, 0.15) is 0 Å². The first-order valence-electron chi connectivity index (χ1n) is 5.84. The Labute approximate surface area is 106 Å². The summed E-state index contributed by atoms with van der Waals surface area (Å²) in [5, 5.41) is 12.1. The third kappa shape index (κ3) is 2.46. The molecule has 0 saturated carbocycles. The van der Waals surface area contributed by atoms with E-state index in [1.165, 1.54) is 6.33 Å². The molecule has 1 unspecified atom stereocenters. The molecule has 1 saturated heterocycles. The summed E-state index contributed by atoms with van der Waals surface area (Å²) in [7, 11) is 3.37. The summed E-state index contributed by atoms with van der Waals surface area (Å²) < 4.78 is 10.8. The first-order chi connectivity index (χ1) is 8.80. The third-order valence-electron chi connectivity index (χ3n) is 2.87. The molecule has 0 aromatic carbocycles. The van der Waals surface area contributed by atoms with Gasteiger partial charge in [-0.05, 0) is 0 Å². The van der Waals surface area contributed by atoms with Crippen LogP contribution in [0.3, 0.4) is 0 Å². The zero-order valence-electron chi connectivity index (χ0n) is 10.6. The van der Waals surface area contributed by atoms with Gasteiger partial charge in [0, 0.05) is 20.1 Å². The molecular weight excluding hydrogens is 236 g/mol. The van der Waals surface area contributed by atoms with Crippen LogP contribution in [0, 0.1) is 0 Å². The highest BCUT2D eigenvalue weighted by atomic mass is 16.5. The van der Waals surface area contributed by atoms with Gasteiger partial charge in [0.25, 0.3) is 0 Å². The van der Waals surface area contributed by atoms with Crippen molar-refractivity contribution in [3.8, 4) is 5.75 Å². The quantitative estimate of drug-likeness (QED) is 0.765. The Morgan fingerprint density at radius 1 is 1.61 bits per heavy atom. The van der Waals surface area contributed by atoms with Gasteiger partial charge in [-0.25, -0.2) is 9.97 Å². The lowest BCUT2D eigenvalue weighted by molar-refractivity contribution is 0.00325. The van der Waals surface area contributed by atoms with Crippen molar-refractivity contribution in [1.82, 2.24) is 9.97 Å². The Morgan fingerprint density at radius 3 is 3.11 bits per heavy atom. The summed E-state index contributed by atoms with van der Waals surface area (Å²) in [4.78, 5) is 10.4. The van der Waals surface area contributed by atoms with Crippen LogP contribution in [-0.4, -0.2) is 61.6 Å². The van der Waals surface area contributed by atoms with Crippen molar-refractivity contribution in [2.24, 2.45) is 0 Å². The van der Waals surface area contributed by atoms with Gasteiger partial charge in [-0.2, -0.15) is 0 Å². The zero-order chi connectivity index (χ0) is 13.0. The number of nitrogens with zero attached hydrogens (tertiary/aromatic N) is 3. The first kappa shape index (κ1) is 12.8. The van der Waals surface area contributed by atoms with Gasteiger partial charge >= 0.3 is 0 Å². The van der Waals surface area contributed by atoms with Crippen molar-refractivity contribution < 1.29 is 14.6 Å². The maximum Gasteiger partial charge on any atom is 0.204 e. The van der Waals surface area contributed by atoms with Gasteiger partial charge < -0.3 is 24.8 Å². The largest absolute Gasteiger partial charge is 0.490 e. The van der Waals surface area contributed by atoms with Crippen molar-refractivity contribution in [2.45, 2.75) is 6.10 Å². The Bertz CT molecular complexity index is 402. The monoisotopic (exact) mass is 254 g/mol. The number of aliphatic hydroxyl groups excluding tert-OH is 1. The van der Waals surface area contributed by atoms with E-state index >= 15 is 0 Å². The van der Waals surface area contributed by atoms with E-state index in [1.54, 1.807) is 14.2 Å². The molecular formula is C11H18N4O3. The van der Waals surface area contributed by atoms with E-state index in [2.05, 4.69) is 15.3 Å². The lowest BCUT2D eigenvalue weighted by atomic mass is 10.2. The zero-order valence-corrected chi connectivity index (χ0v) is 10.6. The van der Waals surface area contributed by atoms with Gasteiger partial charge in [0.15, 0.2) is 11.6 Å². The predicted molar refractivity (Wildman–Crippen MR) is 67.2 cm³/mol. The molecule has 1 aliphatic rings. The minimum atomic E-state index is -0.184. The Balaban J connectivity index is 2.26. The number of aliphatic hydroxyl groups is 1. The summed E-state index contributed by atoms with van der Waals surface area (Å²) in [5.74, 6) is 1.98. The van der Waals surface area contributed by atoms with E-state index in [-0.39, 0.29) is 12.7 Å². The van der Waals surface area contributed by atoms with Gasteiger partial charge in [0.2, 0.25) is 5.75 Å². The van der Waals surface area contributed by atoms with E-state index in [9.17, 15) is 0 Å². The van der Waals surface area contributed by atoms with Crippen LogP contribution in [-0.2, 0) is 4.74 Å². The van der Waals surface area contributed by atoms with Crippen LogP contribution in [0.5, 0.6) is 5.75 Å². The van der Waals surface area contributed by atoms with E-state index in [1.807, 2.05) is 4.90 Å². The van der Waals surface area contributed by atoms with Crippen LogP contribution in [0.2, 0.25) is 0 Å². The van der Waals surface area contributed by atoms with Crippen molar-refractivity contribution in [2.75, 3.05) is 50.7 Å². The third-order valence-corrected chi connectivity index (χ3v) is 2.87. The molecule has 2 rings (SSSR count). The molecule has 0 spiro atoms. The van der Waals surface area contributed by atoms with Crippen molar-refractivity contribution in [1.29, 1.82) is 0 Å². The normalized spacial score (nSPS) is 19.7. The standard InChI is InChI=1S/C11H18N4O3/c1-12-10-9(17-2)11(14-7-13-10)15-3-4-18-8(5-15)6-16/h7-8,16H,3-6H2,1-2H3,(H,12,13,14). The summed E-state index contributed by atoms with van der Waals surface area (Å²) in [6.07, 6.45) is 1.31. The highest BCUT2D eigenvalue weighted by Crippen LogP contribution is 2.32. The number of hydrogen-bond acceptors (Lipinski definition) is 7. The summed E-state index contributed by atoms with van der Waals surface area (Å²) >= 11 is 0. The van der Waals surface area contributed by atoms with Gasteiger partial charge in [-0.1, -0.05) is 0 Å². The topological polar surface area (TPSA) is 79.7 Å². The molecule has 18 heavy (non-hydrogen) atoms. The number of ether oxygens (including phenoxy) is 2. The SMILES string of the molecule is CNc1ncnc(N2CCOC(CO)C2)c1OC. The summed E-state index contributed by atoms with van der Waals surface area (Å²) in [6.45, 7) is 1.87. The van der Waals surface area contributed by atoms with Crippen LogP contribution < -0.4 is 15.0 Å². The van der Waals surface area contributed by atoms with Crippen LogP contribution in [0.4, 0.5) is 11.6 Å². The second-order valence-electron chi connectivity index (χ2n) is 3.95. The number of nitrogens with one attached hydrogen (secondary N) is 1. The average Bonchev–Trinajstić information content (AvgIpc) is 2.46. The minimum Gasteiger partial charge on any atom is -0.490 e. The fraction of sp³-hybridized carbons (Fsp3) is 0.636. The first-order valence-corrected chi connectivity index (χ1v) is 5.84.